The van der Waals surface area contributed by atoms with E-state index in [0.29, 0.717) is 5.92 Å². The Morgan fingerprint density at radius 2 is 1.70 bits per heavy atom. The van der Waals surface area contributed by atoms with Gasteiger partial charge in [0.1, 0.15) is 5.82 Å². The van der Waals surface area contributed by atoms with Crippen molar-refractivity contribution in [2.45, 2.75) is 44.4 Å². The Balaban J connectivity index is 1.72. The molecule has 0 atom stereocenters. The molecular formula is C16H20N2O2. The van der Waals surface area contributed by atoms with Crippen molar-refractivity contribution in [1.82, 2.24) is 9.97 Å². The van der Waals surface area contributed by atoms with Crippen molar-refractivity contribution in [1.29, 1.82) is 0 Å². The smallest absolute Gasteiger partial charge is 0.163 e. The number of benzene rings is 1. The molecule has 0 unspecified atom stereocenters. The van der Waals surface area contributed by atoms with Crippen LogP contribution in [0.3, 0.4) is 0 Å². The monoisotopic (exact) mass is 272 g/mol. The van der Waals surface area contributed by atoms with E-state index in [1.807, 2.05) is 12.1 Å². The van der Waals surface area contributed by atoms with Crippen LogP contribution < -0.4 is 9.47 Å². The molecule has 1 aliphatic heterocycles. The van der Waals surface area contributed by atoms with Crippen LogP contribution in [0.2, 0.25) is 0 Å². The molecule has 4 heteroatoms. The molecule has 2 aliphatic rings. The average Bonchev–Trinajstić information content (AvgIpc) is 2.76. The second kappa shape index (κ2) is 5.00. The van der Waals surface area contributed by atoms with E-state index in [-0.39, 0.29) is 0 Å². The lowest BCUT2D eigenvalue weighted by atomic mass is 9.89. The van der Waals surface area contributed by atoms with Crippen molar-refractivity contribution >= 4 is 11.0 Å². The predicted octanol–water partition coefficient (Wildman–Crippen LogP) is 3.77. The maximum Gasteiger partial charge on any atom is 0.163 e. The van der Waals surface area contributed by atoms with E-state index in [0.717, 1.165) is 48.0 Å². The SMILES string of the molecule is c1c2c(cc3[nH]c(C4CCCCC4)nc13)OCCCO2. The molecule has 2 aromatic rings. The summed E-state index contributed by atoms with van der Waals surface area (Å²) in [5, 5.41) is 0. The summed E-state index contributed by atoms with van der Waals surface area (Å²) in [5.41, 5.74) is 2.06. The Kier molecular flexibility index (Phi) is 3.02. The molecule has 0 spiro atoms. The average molecular weight is 272 g/mol. The number of nitrogens with zero attached hydrogens (tertiary/aromatic N) is 1. The Morgan fingerprint density at radius 3 is 2.50 bits per heavy atom. The van der Waals surface area contributed by atoms with E-state index in [2.05, 4.69) is 4.98 Å². The number of fused-ring (bicyclic) bond motifs is 2. The molecule has 0 radical (unpaired) electrons. The summed E-state index contributed by atoms with van der Waals surface area (Å²) >= 11 is 0. The standard InChI is InChI=1S/C16H20N2O2/c1-2-5-11(6-3-1)16-17-12-9-14-15(10-13(12)18-16)20-8-4-7-19-14/h9-11H,1-8H2,(H,17,18). The number of aromatic nitrogens is 2. The third-order valence-corrected chi connectivity index (χ3v) is 4.36. The fourth-order valence-corrected chi connectivity index (χ4v) is 3.26. The molecule has 1 aromatic carbocycles. The minimum Gasteiger partial charge on any atom is -0.489 e. The lowest BCUT2D eigenvalue weighted by Crippen LogP contribution is -2.05. The Morgan fingerprint density at radius 1 is 0.950 bits per heavy atom. The molecule has 0 saturated heterocycles. The van der Waals surface area contributed by atoms with Crippen LogP contribution in [0, 0.1) is 0 Å². The molecule has 4 rings (SSSR count). The quantitative estimate of drug-likeness (QED) is 0.859. The Bertz CT molecular complexity index is 571. The fourth-order valence-electron chi connectivity index (χ4n) is 3.26. The van der Waals surface area contributed by atoms with Crippen LogP contribution in [0.5, 0.6) is 11.5 Å². The van der Waals surface area contributed by atoms with Gasteiger partial charge in [-0.05, 0) is 12.8 Å². The van der Waals surface area contributed by atoms with Crippen molar-refractivity contribution in [3.05, 3.63) is 18.0 Å². The molecule has 1 saturated carbocycles. The van der Waals surface area contributed by atoms with Crippen LogP contribution in [0.4, 0.5) is 0 Å². The first kappa shape index (κ1) is 12.1. The first-order chi connectivity index (χ1) is 9.90. The Labute approximate surface area is 118 Å². The minimum atomic E-state index is 0.595. The third kappa shape index (κ3) is 2.13. The third-order valence-electron chi connectivity index (χ3n) is 4.36. The van der Waals surface area contributed by atoms with Crippen molar-refractivity contribution in [2.75, 3.05) is 13.2 Å². The summed E-state index contributed by atoms with van der Waals surface area (Å²) in [4.78, 5) is 8.27. The van der Waals surface area contributed by atoms with Crippen LogP contribution in [0.15, 0.2) is 12.1 Å². The highest BCUT2D eigenvalue weighted by molar-refractivity contribution is 5.80. The van der Waals surface area contributed by atoms with Crippen molar-refractivity contribution < 1.29 is 9.47 Å². The van der Waals surface area contributed by atoms with Gasteiger partial charge in [-0.2, -0.15) is 0 Å². The van der Waals surface area contributed by atoms with Crippen molar-refractivity contribution in [2.24, 2.45) is 0 Å². The number of rotatable bonds is 1. The zero-order valence-corrected chi connectivity index (χ0v) is 11.7. The second-order valence-electron chi connectivity index (χ2n) is 5.82. The highest BCUT2D eigenvalue weighted by Crippen LogP contribution is 2.36. The van der Waals surface area contributed by atoms with Gasteiger partial charge in [0.2, 0.25) is 0 Å². The first-order valence-electron chi connectivity index (χ1n) is 7.69. The zero-order valence-electron chi connectivity index (χ0n) is 11.7. The Hall–Kier alpha value is -1.71. The summed E-state index contributed by atoms with van der Waals surface area (Å²) in [6.07, 6.45) is 7.46. The predicted molar refractivity (Wildman–Crippen MR) is 77.5 cm³/mol. The molecule has 2 heterocycles. The van der Waals surface area contributed by atoms with Crippen LogP contribution in [-0.4, -0.2) is 23.2 Å². The molecular weight excluding hydrogens is 252 g/mol. The molecule has 0 bridgehead atoms. The van der Waals surface area contributed by atoms with Gasteiger partial charge in [0.05, 0.1) is 24.2 Å². The number of ether oxygens (including phenoxy) is 2. The summed E-state index contributed by atoms with van der Waals surface area (Å²) < 4.78 is 11.5. The van der Waals surface area contributed by atoms with Crippen molar-refractivity contribution in [3.63, 3.8) is 0 Å². The fraction of sp³-hybridized carbons (Fsp3) is 0.562. The van der Waals surface area contributed by atoms with Gasteiger partial charge in [0, 0.05) is 24.5 Å². The normalized spacial score (nSPS) is 20.0. The lowest BCUT2D eigenvalue weighted by Gasteiger charge is -2.18. The van der Waals surface area contributed by atoms with Gasteiger partial charge >= 0.3 is 0 Å². The molecule has 1 aliphatic carbocycles. The van der Waals surface area contributed by atoms with Gasteiger partial charge in [-0.25, -0.2) is 4.98 Å². The number of aromatic amines is 1. The van der Waals surface area contributed by atoms with E-state index in [4.69, 9.17) is 14.5 Å². The first-order valence-corrected chi connectivity index (χ1v) is 7.69. The molecule has 106 valence electrons. The molecule has 1 fully saturated rings. The van der Waals surface area contributed by atoms with Gasteiger partial charge < -0.3 is 14.5 Å². The largest absolute Gasteiger partial charge is 0.489 e. The maximum absolute atomic E-state index is 5.74. The molecule has 4 nitrogen and oxygen atoms in total. The zero-order chi connectivity index (χ0) is 13.4. The van der Waals surface area contributed by atoms with Crippen molar-refractivity contribution in [3.8, 4) is 11.5 Å². The number of imidazole rings is 1. The van der Waals surface area contributed by atoms with Gasteiger partial charge in [0.25, 0.3) is 0 Å². The summed E-state index contributed by atoms with van der Waals surface area (Å²) in [7, 11) is 0. The number of nitrogens with one attached hydrogen (secondary N) is 1. The number of hydrogen-bond donors (Lipinski definition) is 1. The molecule has 1 N–H and O–H groups in total. The number of hydrogen-bond acceptors (Lipinski definition) is 3. The van der Waals surface area contributed by atoms with Gasteiger partial charge in [-0.1, -0.05) is 19.3 Å². The van der Waals surface area contributed by atoms with Gasteiger partial charge in [0.15, 0.2) is 11.5 Å². The van der Waals surface area contributed by atoms with Crippen LogP contribution >= 0.6 is 0 Å². The topological polar surface area (TPSA) is 47.1 Å². The minimum absolute atomic E-state index is 0.595. The van der Waals surface area contributed by atoms with Gasteiger partial charge in [-0.15, -0.1) is 0 Å². The van der Waals surface area contributed by atoms with Crippen LogP contribution in [0.25, 0.3) is 11.0 Å². The van der Waals surface area contributed by atoms with E-state index < -0.39 is 0 Å². The lowest BCUT2D eigenvalue weighted by molar-refractivity contribution is 0.297. The van der Waals surface area contributed by atoms with Crippen LogP contribution in [-0.2, 0) is 0 Å². The van der Waals surface area contributed by atoms with E-state index in [1.54, 1.807) is 0 Å². The van der Waals surface area contributed by atoms with Crippen LogP contribution in [0.1, 0.15) is 50.3 Å². The second-order valence-corrected chi connectivity index (χ2v) is 5.82. The van der Waals surface area contributed by atoms with E-state index >= 15 is 0 Å². The number of H-pyrrole nitrogens is 1. The summed E-state index contributed by atoms with van der Waals surface area (Å²) in [5.74, 6) is 3.41. The highest BCUT2D eigenvalue weighted by Gasteiger charge is 2.20. The molecule has 0 amide bonds. The summed E-state index contributed by atoms with van der Waals surface area (Å²) in [6.45, 7) is 1.44. The van der Waals surface area contributed by atoms with E-state index in [1.165, 1.54) is 32.1 Å². The highest BCUT2D eigenvalue weighted by atomic mass is 16.5. The molecule has 1 aromatic heterocycles. The summed E-state index contributed by atoms with van der Waals surface area (Å²) in [6, 6.07) is 4.05. The maximum atomic E-state index is 5.74. The molecule has 20 heavy (non-hydrogen) atoms. The van der Waals surface area contributed by atoms with E-state index in [9.17, 15) is 0 Å². The van der Waals surface area contributed by atoms with Gasteiger partial charge in [-0.3, -0.25) is 0 Å².